The standard InChI is InChI=1S/C11H13FN2/c1-8-6-11(13)10(12)7-9(8)4-3-5-14-2/h6-7,14H,5,13H2,1-2H3. The molecule has 0 saturated carbocycles. The average Bonchev–Trinajstić information content (AvgIpc) is 2.14. The van der Waals surface area contributed by atoms with Crippen LogP contribution in [0.25, 0.3) is 0 Å². The normalized spacial score (nSPS) is 9.36. The summed E-state index contributed by atoms with van der Waals surface area (Å²) in [5.74, 6) is 5.33. The van der Waals surface area contributed by atoms with Gasteiger partial charge in [0.2, 0.25) is 0 Å². The summed E-state index contributed by atoms with van der Waals surface area (Å²) in [6, 6.07) is 2.96. The molecule has 0 atom stereocenters. The lowest BCUT2D eigenvalue weighted by molar-refractivity contribution is 0.631. The van der Waals surface area contributed by atoms with Crippen LogP contribution in [0.15, 0.2) is 12.1 Å². The number of hydrogen-bond acceptors (Lipinski definition) is 2. The third-order valence-electron chi connectivity index (χ3n) is 1.83. The highest BCUT2D eigenvalue weighted by molar-refractivity contribution is 5.51. The minimum Gasteiger partial charge on any atom is -0.396 e. The van der Waals surface area contributed by atoms with Crippen molar-refractivity contribution in [3.05, 3.63) is 29.1 Å². The van der Waals surface area contributed by atoms with Crippen LogP contribution in [0.5, 0.6) is 0 Å². The Kier molecular flexibility index (Phi) is 3.49. The molecule has 0 fully saturated rings. The van der Waals surface area contributed by atoms with Gasteiger partial charge in [-0.15, -0.1) is 0 Å². The van der Waals surface area contributed by atoms with E-state index in [0.717, 1.165) is 5.56 Å². The molecular formula is C11H13FN2. The zero-order chi connectivity index (χ0) is 10.6. The average molecular weight is 192 g/mol. The van der Waals surface area contributed by atoms with Gasteiger partial charge in [-0.05, 0) is 31.7 Å². The van der Waals surface area contributed by atoms with E-state index in [9.17, 15) is 4.39 Å². The van der Waals surface area contributed by atoms with Crippen LogP contribution in [0.4, 0.5) is 10.1 Å². The predicted octanol–water partition coefficient (Wildman–Crippen LogP) is 1.29. The van der Waals surface area contributed by atoms with Gasteiger partial charge in [0.25, 0.3) is 0 Å². The SMILES string of the molecule is CNCC#Cc1cc(F)c(N)cc1C. The number of nitrogens with one attached hydrogen (secondary N) is 1. The first-order valence-corrected chi connectivity index (χ1v) is 4.34. The highest BCUT2D eigenvalue weighted by atomic mass is 19.1. The minimum absolute atomic E-state index is 0.168. The van der Waals surface area contributed by atoms with Crippen LogP contribution in [-0.2, 0) is 0 Å². The van der Waals surface area contributed by atoms with Crippen LogP contribution >= 0.6 is 0 Å². The summed E-state index contributed by atoms with van der Waals surface area (Å²) in [6.07, 6.45) is 0. The highest BCUT2D eigenvalue weighted by Gasteiger charge is 2.01. The van der Waals surface area contributed by atoms with Gasteiger partial charge in [0, 0.05) is 5.56 Å². The first kappa shape index (κ1) is 10.6. The molecular weight excluding hydrogens is 179 g/mol. The van der Waals surface area contributed by atoms with Gasteiger partial charge in [-0.25, -0.2) is 4.39 Å². The number of halogens is 1. The molecule has 1 rings (SSSR count). The van der Waals surface area contributed by atoms with E-state index >= 15 is 0 Å². The molecule has 0 aliphatic heterocycles. The monoisotopic (exact) mass is 192 g/mol. The van der Waals surface area contributed by atoms with Gasteiger partial charge in [0.05, 0.1) is 12.2 Å². The summed E-state index contributed by atoms with van der Waals surface area (Å²) < 4.78 is 13.1. The molecule has 14 heavy (non-hydrogen) atoms. The van der Waals surface area contributed by atoms with Crippen molar-refractivity contribution >= 4 is 5.69 Å². The van der Waals surface area contributed by atoms with Crippen LogP contribution in [0, 0.1) is 24.6 Å². The summed E-state index contributed by atoms with van der Waals surface area (Å²) in [4.78, 5) is 0. The summed E-state index contributed by atoms with van der Waals surface area (Å²) in [5, 5.41) is 2.89. The van der Waals surface area contributed by atoms with E-state index < -0.39 is 5.82 Å². The Morgan fingerprint density at radius 2 is 2.21 bits per heavy atom. The van der Waals surface area contributed by atoms with Crippen molar-refractivity contribution in [1.82, 2.24) is 5.32 Å². The molecule has 0 aliphatic carbocycles. The lowest BCUT2D eigenvalue weighted by atomic mass is 10.1. The molecule has 3 N–H and O–H groups in total. The predicted molar refractivity (Wildman–Crippen MR) is 56.4 cm³/mol. The van der Waals surface area contributed by atoms with Gasteiger partial charge >= 0.3 is 0 Å². The number of nitrogens with two attached hydrogens (primary N) is 1. The molecule has 0 amide bonds. The zero-order valence-electron chi connectivity index (χ0n) is 8.32. The first-order valence-electron chi connectivity index (χ1n) is 4.34. The molecule has 2 nitrogen and oxygen atoms in total. The molecule has 0 aliphatic rings. The van der Waals surface area contributed by atoms with Gasteiger partial charge in [0.1, 0.15) is 5.82 Å². The maximum atomic E-state index is 13.1. The molecule has 74 valence electrons. The number of hydrogen-bond donors (Lipinski definition) is 2. The van der Waals surface area contributed by atoms with Gasteiger partial charge in [-0.3, -0.25) is 0 Å². The second kappa shape index (κ2) is 4.64. The van der Waals surface area contributed by atoms with E-state index in [1.807, 2.05) is 14.0 Å². The highest BCUT2D eigenvalue weighted by Crippen LogP contribution is 2.15. The number of anilines is 1. The van der Waals surface area contributed by atoms with Crippen molar-refractivity contribution in [3.63, 3.8) is 0 Å². The van der Waals surface area contributed by atoms with Crippen molar-refractivity contribution in [3.8, 4) is 11.8 Å². The number of rotatable bonds is 1. The third-order valence-corrected chi connectivity index (χ3v) is 1.83. The molecule has 0 aromatic heterocycles. The lowest BCUT2D eigenvalue weighted by Gasteiger charge is -2.01. The quantitative estimate of drug-likeness (QED) is 0.519. The first-order chi connectivity index (χ1) is 6.65. The van der Waals surface area contributed by atoms with Crippen LogP contribution in [0.1, 0.15) is 11.1 Å². The Bertz CT molecular complexity index is 388. The molecule has 0 radical (unpaired) electrons. The van der Waals surface area contributed by atoms with Gasteiger partial charge in [-0.1, -0.05) is 11.8 Å². The number of aryl methyl sites for hydroxylation is 1. The largest absolute Gasteiger partial charge is 0.396 e. The van der Waals surface area contributed by atoms with Gasteiger partial charge < -0.3 is 11.1 Å². The molecule has 1 aromatic carbocycles. The van der Waals surface area contributed by atoms with Crippen molar-refractivity contribution in [2.45, 2.75) is 6.92 Å². The fourth-order valence-electron chi connectivity index (χ4n) is 1.07. The fraction of sp³-hybridized carbons (Fsp3) is 0.273. The summed E-state index contributed by atoms with van der Waals surface area (Å²) in [5.41, 5.74) is 7.16. The molecule has 0 saturated heterocycles. The molecule has 0 spiro atoms. The third kappa shape index (κ3) is 2.48. The van der Waals surface area contributed by atoms with Crippen LogP contribution in [0.2, 0.25) is 0 Å². The van der Waals surface area contributed by atoms with Crippen molar-refractivity contribution in [1.29, 1.82) is 0 Å². The maximum absolute atomic E-state index is 13.1. The summed E-state index contributed by atoms with van der Waals surface area (Å²) >= 11 is 0. The topological polar surface area (TPSA) is 38.0 Å². The second-order valence-electron chi connectivity index (χ2n) is 3.02. The number of benzene rings is 1. The second-order valence-corrected chi connectivity index (χ2v) is 3.02. The zero-order valence-corrected chi connectivity index (χ0v) is 8.32. The van der Waals surface area contributed by atoms with Gasteiger partial charge in [-0.2, -0.15) is 0 Å². The van der Waals surface area contributed by atoms with E-state index in [2.05, 4.69) is 17.2 Å². The molecule has 0 bridgehead atoms. The fourth-order valence-corrected chi connectivity index (χ4v) is 1.07. The smallest absolute Gasteiger partial charge is 0.147 e. The Balaban J connectivity index is 3.00. The molecule has 0 heterocycles. The number of nitrogen functional groups attached to an aromatic ring is 1. The Morgan fingerprint density at radius 3 is 2.86 bits per heavy atom. The van der Waals surface area contributed by atoms with E-state index in [-0.39, 0.29) is 5.69 Å². The Labute approximate surface area is 83.3 Å². The summed E-state index contributed by atoms with van der Waals surface area (Å²) in [6.45, 7) is 2.45. The molecule has 1 aromatic rings. The molecule has 0 unspecified atom stereocenters. The van der Waals surface area contributed by atoms with Crippen LogP contribution in [0.3, 0.4) is 0 Å². The van der Waals surface area contributed by atoms with Crippen LogP contribution < -0.4 is 11.1 Å². The van der Waals surface area contributed by atoms with E-state index in [0.29, 0.717) is 12.1 Å². The van der Waals surface area contributed by atoms with E-state index in [1.165, 1.54) is 6.07 Å². The Hall–Kier alpha value is -1.53. The van der Waals surface area contributed by atoms with Crippen LogP contribution in [-0.4, -0.2) is 13.6 Å². The molecule has 3 heteroatoms. The van der Waals surface area contributed by atoms with Gasteiger partial charge in [0.15, 0.2) is 0 Å². The minimum atomic E-state index is -0.413. The van der Waals surface area contributed by atoms with Crippen molar-refractivity contribution < 1.29 is 4.39 Å². The maximum Gasteiger partial charge on any atom is 0.147 e. The lowest BCUT2D eigenvalue weighted by Crippen LogP contribution is -2.04. The summed E-state index contributed by atoms with van der Waals surface area (Å²) in [7, 11) is 1.81. The van der Waals surface area contributed by atoms with E-state index in [4.69, 9.17) is 5.73 Å². The van der Waals surface area contributed by atoms with Crippen molar-refractivity contribution in [2.75, 3.05) is 19.3 Å². The Morgan fingerprint density at radius 1 is 1.50 bits per heavy atom. The van der Waals surface area contributed by atoms with Crippen molar-refractivity contribution in [2.24, 2.45) is 0 Å². The van der Waals surface area contributed by atoms with E-state index in [1.54, 1.807) is 6.07 Å².